The van der Waals surface area contributed by atoms with E-state index in [4.69, 9.17) is 0 Å². The Morgan fingerprint density at radius 1 is 1.14 bits per heavy atom. The molecule has 0 N–H and O–H groups in total. The summed E-state index contributed by atoms with van der Waals surface area (Å²) in [6.07, 6.45) is 4.38. The molecule has 1 aromatic heterocycles. The summed E-state index contributed by atoms with van der Waals surface area (Å²) >= 11 is 0. The van der Waals surface area contributed by atoms with Gasteiger partial charge >= 0.3 is 0 Å². The third-order valence-electron chi connectivity index (χ3n) is 4.56. The van der Waals surface area contributed by atoms with Crippen LogP contribution in [0.25, 0.3) is 0 Å². The zero-order valence-electron chi connectivity index (χ0n) is 12.9. The lowest BCUT2D eigenvalue weighted by molar-refractivity contribution is 0.0610. The second-order valence-corrected chi connectivity index (χ2v) is 6.32. The Morgan fingerprint density at radius 3 is 2.43 bits per heavy atom. The maximum Gasteiger partial charge on any atom is 0.270 e. The molecule has 0 radical (unpaired) electrons. The van der Waals surface area contributed by atoms with Crippen molar-refractivity contribution in [1.82, 2.24) is 9.47 Å². The van der Waals surface area contributed by atoms with Gasteiger partial charge in [0.15, 0.2) is 0 Å². The van der Waals surface area contributed by atoms with E-state index in [0.29, 0.717) is 6.04 Å². The fraction of sp³-hybridized carbons (Fsp3) is 0.389. The van der Waals surface area contributed by atoms with Gasteiger partial charge in [-0.25, -0.2) is 0 Å². The van der Waals surface area contributed by atoms with E-state index in [1.165, 1.54) is 12.8 Å². The van der Waals surface area contributed by atoms with Crippen LogP contribution in [0.1, 0.15) is 48.8 Å². The molecule has 0 atom stereocenters. The van der Waals surface area contributed by atoms with E-state index < -0.39 is 0 Å². The van der Waals surface area contributed by atoms with Gasteiger partial charge in [0.2, 0.25) is 0 Å². The van der Waals surface area contributed by atoms with Crippen molar-refractivity contribution in [2.24, 2.45) is 0 Å². The van der Waals surface area contributed by atoms with E-state index in [9.17, 15) is 4.79 Å². The van der Waals surface area contributed by atoms with Crippen LogP contribution in [-0.2, 0) is 5.54 Å². The molecule has 1 aliphatic rings. The van der Waals surface area contributed by atoms with Crippen molar-refractivity contribution in [3.8, 4) is 0 Å². The highest BCUT2D eigenvalue weighted by molar-refractivity contribution is 5.93. The first-order chi connectivity index (χ1) is 10.0. The van der Waals surface area contributed by atoms with Crippen LogP contribution in [0, 0.1) is 0 Å². The number of nitrogens with zero attached hydrogens (tertiary/aromatic N) is 2. The Bertz CT molecular complexity index is 638. The molecule has 0 saturated heterocycles. The summed E-state index contributed by atoms with van der Waals surface area (Å²) in [5.74, 6) is 0.0840. The minimum absolute atomic E-state index is 0.0840. The fourth-order valence-electron chi connectivity index (χ4n) is 2.71. The van der Waals surface area contributed by atoms with Gasteiger partial charge in [-0.1, -0.05) is 30.3 Å². The number of carbonyl (C=O) groups is 1. The Hall–Kier alpha value is -2.03. The molecule has 0 spiro atoms. The average molecular weight is 282 g/mol. The maximum absolute atomic E-state index is 12.9. The molecule has 0 bridgehead atoms. The maximum atomic E-state index is 12.9. The van der Waals surface area contributed by atoms with Crippen LogP contribution >= 0.6 is 0 Å². The van der Waals surface area contributed by atoms with Gasteiger partial charge in [-0.05, 0) is 44.4 Å². The summed E-state index contributed by atoms with van der Waals surface area (Å²) in [5, 5.41) is 0. The molecule has 1 amide bonds. The monoisotopic (exact) mass is 282 g/mol. The summed E-state index contributed by atoms with van der Waals surface area (Å²) in [6.45, 7) is 4.18. The Morgan fingerprint density at radius 2 is 1.81 bits per heavy atom. The van der Waals surface area contributed by atoms with Gasteiger partial charge in [-0.2, -0.15) is 0 Å². The van der Waals surface area contributed by atoms with Gasteiger partial charge in [0.1, 0.15) is 5.69 Å². The molecule has 1 heterocycles. The lowest BCUT2D eigenvalue weighted by Crippen LogP contribution is -2.43. The van der Waals surface area contributed by atoms with E-state index in [0.717, 1.165) is 11.3 Å². The van der Waals surface area contributed by atoms with Crippen LogP contribution in [-0.4, -0.2) is 22.4 Å². The summed E-state index contributed by atoms with van der Waals surface area (Å²) < 4.78 is 2.12. The second-order valence-electron chi connectivity index (χ2n) is 6.32. The predicted octanol–water partition coefficient (Wildman–Crippen LogP) is 3.83. The summed E-state index contributed by atoms with van der Waals surface area (Å²) in [4.78, 5) is 14.7. The molecular weight excluding hydrogens is 260 g/mol. The number of rotatable bonds is 4. The summed E-state index contributed by atoms with van der Waals surface area (Å²) in [6, 6.07) is 14.6. The quantitative estimate of drug-likeness (QED) is 0.836. The Kier molecular flexibility index (Phi) is 3.36. The Balaban J connectivity index is 1.88. The first-order valence-corrected chi connectivity index (χ1v) is 7.52. The van der Waals surface area contributed by atoms with Crippen molar-refractivity contribution >= 4 is 5.91 Å². The largest absolute Gasteiger partial charge is 0.340 e. The van der Waals surface area contributed by atoms with Crippen LogP contribution in [0.5, 0.6) is 0 Å². The van der Waals surface area contributed by atoms with Crippen LogP contribution in [0.3, 0.4) is 0 Å². The van der Waals surface area contributed by atoms with Crippen molar-refractivity contribution in [2.75, 3.05) is 7.05 Å². The molecule has 3 nitrogen and oxygen atoms in total. The molecule has 1 aromatic carbocycles. The Labute approximate surface area is 126 Å². The second kappa shape index (κ2) is 5.06. The smallest absolute Gasteiger partial charge is 0.270 e. The van der Waals surface area contributed by atoms with E-state index in [-0.39, 0.29) is 11.4 Å². The highest BCUT2D eigenvalue weighted by Gasteiger charge is 2.33. The van der Waals surface area contributed by atoms with Crippen molar-refractivity contribution in [2.45, 2.75) is 38.3 Å². The molecule has 0 unspecified atom stereocenters. The van der Waals surface area contributed by atoms with E-state index in [2.05, 4.69) is 30.5 Å². The molecule has 2 aromatic rings. The molecule has 3 rings (SSSR count). The van der Waals surface area contributed by atoms with Gasteiger partial charge < -0.3 is 9.47 Å². The van der Waals surface area contributed by atoms with Gasteiger partial charge in [0.25, 0.3) is 5.91 Å². The molecule has 21 heavy (non-hydrogen) atoms. The molecular formula is C18H22N2O. The molecule has 1 aliphatic carbocycles. The standard InChI is InChI=1S/C18H22N2O/c1-18(2,14-8-5-4-6-9-14)19(3)17(21)16-10-7-13-20(16)15-11-12-15/h4-10,13,15H,11-12H2,1-3H3. The number of hydrogen-bond acceptors (Lipinski definition) is 1. The minimum atomic E-state index is -0.336. The predicted molar refractivity (Wildman–Crippen MR) is 84.3 cm³/mol. The van der Waals surface area contributed by atoms with E-state index in [1.54, 1.807) is 0 Å². The van der Waals surface area contributed by atoms with Gasteiger partial charge in [0.05, 0.1) is 5.54 Å². The van der Waals surface area contributed by atoms with Gasteiger partial charge in [-0.15, -0.1) is 0 Å². The van der Waals surface area contributed by atoms with Gasteiger partial charge in [-0.3, -0.25) is 4.79 Å². The molecule has 1 saturated carbocycles. The zero-order valence-corrected chi connectivity index (χ0v) is 12.9. The van der Waals surface area contributed by atoms with Gasteiger partial charge in [0, 0.05) is 19.3 Å². The first-order valence-electron chi connectivity index (χ1n) is 7.52. The first kappa shape index (κ1) is 13.9. The normalized spacial score (nSPS) is 15.0. The summed E-state index contributed by atoms with van der Waals surface area (Å²) in [5.41, 5.74) is 1.60. The third kappa shape index (κ3) is 2.48. The van der Waals surface area contributed by atoms with Crippen molar-refractivity contribution < 1.29 is 4.79 Å². The van der Waals surface area contributed by atoms with Crippen LogP contribution in [0.2, 0.25) is 0 Å². The van der Waals surface area contributed by atoms with Crippen molar-refractivity contribution in [3.63, 3.8) is 0 Å². The minimum Gasteiger partial charge on any atom is -0.340 e. The fourth-order valence-corrected chi connectivity index (χ4v) is 2.71. The van der Waals surface area contributed by atoms with Crippen molar-refractivity contribution in [3.05, 3.63) is 59.9 Å². The number of amides is 1. The highest BCUT2D eigenvalue weighted by atomic mass is 16.2. The lowest BCUT2D eigenvalue weighted by Gasteiger charge is -2.36. The SMILES string of the molecule is CN(C(=O)c1cccn1C1CC1)C(C)(C)c1ccccc1. The van der Waals surface area contributed by atoms with E-state index >= 15 is 0 Å². The van der Waals surface area contributed by atoms with E-state index in [1.807, 2.05) is 48.5 Å². The number of benzene rings is 1. The molecule has 110 valence electrons. The highest BCUT2D eigenvalue weighted by Crippen LogP contribution is 2.37. The van der Waals surface area contributed by atoms with Crippen LogP contribution in [0.15, 0.2) is 48.7 Å². The third-order valence-corrected chi connectivity index (χ3v) is 4.56. The zero-order chi connectivity index (χ0) is 15.0. The molecule has 0 aliphatic heterocycles. The topological polar surface area (TPSA) is 25.2 Å². The lowest BCUT2D eigenvalue weighted by atomic mass is 9.92. The molecule has 1 fully saturated rings. The number of carbonyl (C=O) groups excluding carboxylic acids is 1. The number of hydrogen-bond donors (Lipinski definition) is 0. The van der Waals surface area contributed by atoms with Crippen molar-refractivity contribution in [1.29, 1.82) is 0 Å². The molecule has 3 heteroatoms. The number of aromatic nitrogens is 1. The van der Waals surface area contributed by atoms with Crippen LogP contribution in [0.4, 0.5) is 0 Å². The summed E-state index contributed by atoms with van der Waals surface area (Å²) in [7, 11) is 1.89. The van der Waals surface area contributed by atoms with Crippen LogP contribution < -0.4 is 0 Å². The average Bonchev–Trinajstić information content (AvgIpc) is 3.23.